The van der Waals surface area contributed by atoms with Crippen LogP contribution in [-0.4, -0.2) is 23.2 Å². The number of rotatable bonds is 0. The van der Waals surface area contributed by atoms with Crippen LogP contribution in [0, 0.1) is 0 Å². The van der Waals surface area contributed by atoms with Gasteiger partial charge in [0.15, 0.2) is 0 Å². The molecule has 0 aromatic rings. The van der Waals surface area contributed by atoms with Crippen molar-refractivity contribution in [1.29, 1.82) is 0 Å². The van der Waals surface area contributed by atoms with Crippen molar-refractivity contribution in [3.05, 3.63) is 0 Å². The summed E-state index contributed by atoms with van der Waals surface area (Å²) in [7, 11) is 0. The highest BCUT2D eigenvalue weighted by Gasteiger charge is 2.19. The molecule has 0 unspecified atom stereocenters. The van der Waals surface area contributed by atoms with E-state index in [1.807, 2.05) is 0 Å². The van der Waals surface area contributed by atoms with Crippen molar-refractivity contribution in [2.75, 3.05) is 0 Å². The number of hydrogen-bond acceptors (Lipinski definition) is 6. The van der Waals surface area contributed by atoms with E-state index in [1.165, 1.54) is 0 Å². The number of hydrogen-bond donors (Lipinski definition) is 2. The highest BCUT2D eigenvalue weighted by atomic mass is 16.7. The fourth-order valence-corrected chi connectivity index (χ4v) is 0.169. The van der Waals surface area contributed by atoms with Gasteiger partial charge < -0.3 is 14.7 Å². The Bertz CT molecular complexity index is 174. The van der Waals surface area contributed by atoms with Crippen LogP contribution in [0.4, 0.5) is 4.79 Å². The molecular formula is C3H3NO6. The minimum Gasteiger partial charge on any atom is -0.449 e. The van der Waals surface area contributed by atoms with Crippen LogP contribution < -0.4 is 5.90 Å². The summed E-state index contributed by atoms with van der Waals surface area (Å²) in [6.07, 6.45) is -1.89. The van der Waals surface area contributed by atoms with Crippen LogP contribution in [0.3, 0.4) is 0 Å². The summed E-state index contributed by atoms with van der Waals surface area (Å²) in [6, 6.07) is 0. The summed E-state index contributed by atoms with van der Waals surface area (Å²) in [5.41, 5.74) is 0. The lowest BCUT2D eigenvalue weighted by Crippen LogP contribution is -2.24. The summed E-state index contributed by atoms with van der Waals surface area (Å²) in [5.74, 6) is 0.967. The van der Waals surface area contributed by atoms with Crippen LogP contribution in [0.2, 0.25) is 0 Å². The fraction of sp³-hybridized carbons (Fsp3) is 0. The van der Waals surface area contributed by atoms with E-state index in [9.17, 15) is 14.4 Å². The van der Waals surface area contributed by atoms with E-state index in [-0.39, 0.29) is 0 Å². The summed E-state index contributed by atoms with van der Waals surface area (Å²) >= 11 is 0. The van der Waals surface area contributed by atoms with E-state index in [0.717, 1.165) is 0 Å². The fourth-order valence-electron chi connectivity index (χ4n) is 0.169. The predicted molar refractivity (Wildman–Crippen MR) is 24.4 cm³/mol. The molecule has 0 aliphatic rings. The molecule has 10 heavy (non-hydrogen) atoms. The van der Waals surface area contributed by atoms with Crippen molar-refractivity contribution in [3.8, 4) is 0 Å². The van der Waals surface area contributed by atoms with Crippen molar-refractivity contribution < 1.29 is 29.1 Å². The van der Waals surface area contributed by atoms with Crippen molar-refractivity contribution in [2.24, 2.45) is 5.90 Å². The maximum absolute atomic E-state index is 10.0. The second kappa shape index (κ2) is 3.41. The molecule has 0 bridgehead atoms. The van der Waals surface area contributed by atoms with Gasteiger partial charge in [0.1, 0.15) is 0 Å². The van der Waals surface area contributed by atoms with E-state index in [4.69, 9.17) is 5.11 Å². The maximum atomic E-state index is 10.0. The molecule has 0 spiro atoms. The topological polar surface area (TPSA) is 116 Å². The Kier molecular flexibility index (Phi) is 2.85. The van der Waals surface area contributed by atoms with E-state index >= 15 is 0 Å². The van der Waals surface area contributed by atoms with Gasteiger partial charge in [0.05, 0.1) is 0 Å². The van der Waals surface area contributed by atoms with Crippen LogP contribution in [-0.2, 0) is 19.2 Å². The van der Waals surface area contributed by atoms with E-state index in [2.05, 4.69) is 15.5 Å². The average molecular weight is 149 g/mol. The molecule has 0 saturated heterocycles. The van der Waals surface area contributed by atoms with Gasteiger partial charge >= 0.3 is 18.1 Å². The minimum absolute atomic E-state index is 1.57. The van der Waals surface area contributed by atoms with Gasteiger partial charge in [-0.25, -0.2) is 14.4 Å². The van der Waals surface area contributed by atoms with Crippen molar-refractivity contribution >= 4 is 18.1 Å². The standard InChI is InChI=1S/C3H3NO6/c4-10-2(6)1(5)9-3(7)8/h4H2,(H,7,8). The Hall–Kier alpha value is -1.63. The zero-order valence-corrected chi connectivity index (χ0v) is 4.57. The van der Waals surface area contributed by atoms with Crippen molar-refractivity contribution in [3.63, 3.8) is 0 Å². The number of ether oxygens (including phenoxy) is 1. The molecule has 0 aromatic heterocycles. The highest BCUT2D eigenvalue weighted by Crippen LogP contribution is 1.80. The van der Waals surface area contributed by atoms with Crippen LogP contribution in [0.1, 0.15) is 0 Å². The summed E-state index contributed by atoms with van der Waals surface area (Å²) < 4.78 is 3.33. The molecule has 0 amide bonds. The molecule has 3 N–H and O–H groups in total. The van der Waals surface area contributed by atoms with Gasteiger partial charge in [-0.3, -0.25) is 0 Å². The number of esters is 1. The van der Waals surface area contributed by atoms with Crippen LogP contribution in [0.25, 0.3) is 0 Å². The van der Waals surface area contributed by atoms with Gasteiger partial charge in [0, 0.05) is 0 Å². The summed E-state index contributed by atoms with van der Waals surface area (Å²) in [6.45, 7) is 0. The first-order valence-electron chi connectivity index (χ1n) is 1.93. The average Bonchev–Trinajstić information content (AvgIpc) is 1.85. The first-order valence-corrected chi connectivity index (χ1v) is 1.93. The summed E-state index contributed by atoms with van der Waals surface area (Å²) in [4.78, 5) is 32.9. The number of nitrogens with two attached hydrogens (primary N) is 1. The maximum Gasteiger partial charge on any atom is 0.514 e. The Labute approximate surface area is 54.3 Å². The molecule has 0 heterocycles. The normalized spacial score (nSPS) is 8.10. The zero-order chi connectivity index (χ0) is 8.15. The predicted octanol–water partition coefficient (Wildman–Crippen LogP) is -1.38. The van der Waals surface area contributed by atoms with Crippen LogP contribution in [0.5, 0.6) is 0 Å². The monoisotopic (exact) mass is 149 g/mol. The smallest absolute Gasteiger partial charge is 0.449 e. The second-order valence-corrected chi connectivity index (χ2v) is 1.06. The van der Waals surface area contributed by atoms with E-state index < -0.39 is 18.1 Å². The molecule has 7 heteroatoms. The summed E-state index contributed by atoms with van der Waals surface area (Å²) in [5, 5.41) is 7.74. The van der Waals surface area contributed by atoms with E-state index in [1.54, 1.807) is 0 Å². The highest BCUT2D eigenvalue weighted by molar-refractivity contribution is 6.31. The number of carbonyl (C=O) groups is 3. The van der Waals surface area contributed by atoms with Gasteiger partial charge in [-0.05, 0) is 0 Å². The largest absolute Gasteiger partial charge is 0.514 e. The quantitative estimate of drug-likeness (QED) is 0.189. The Morgan fingerprint density at radius 1 is 1.20 bits per heavy atom. The molecule has 7 nitrogen and oxygen atoms in total. The first kappa shape index (κ1) is 8.37. The molecule has 0 rings (SSSR count). The van der Waals surface area contributed by atoms with Gasteiger partial charge in [-0.1, -0.05) is 0 Å². The molecule has 56 valence electrons. The second-order valence-electron chi connectivity index (χ2n) is 1.06. The molecule has 0 aliphatic carbocycles. The van der Waals surface area contributed by atoms with Gasteiger partial charge in [0.2, 0.25) is 0 Å². The lowest BCUT2D eigenvalue weighted by Gasteiger charge is -1.93. The molecule has 0 saturated carbocycles. The third-order valence-electron chi connectivity index (χ3n) is 0.454. The number of carbonyl (C=O) groups excluding carboxylic acids is 2. The van der Waals surface area contributed by atoms with Crippen molar-refractivity contribution in [2.45, 2.75) is 0 Å². The van der Waals surface area contributed by atoms with Gasteiger partial charge in [-0.2, -0.15) is 5.90 Å². The zero-order valence-electron chi connectivity index (χ0n) is 4.57. The van der Waals surface area contributed by atoms with Crippen LogP contribution in [0.15, 0.2) is 0 Å². The van der Waals surface area contributed by atoms with Crippen molar-refractivity contribution in [1.82, 2.24) is 0 Å². The third-order valence-corrected chi connectivity index (χ3v) is 0.454. The molecule has 0 fully saturated rings. The van der Waals surface area contributed by atoms with Gasteiger partial charge in [0.25, 0.3) is 0 Å². The molecule has 0 atom stereocenters. The third kappa shape index (κ3) is 2.62. The Morgan fingerprint density at radius 3 is 2.00 bits per heavy atom. The lowest BCUT2D eigenvalue weighted by molar-refractivity contribution is -0.165. The van der Waals surface area contributed by atoms with Gasteiger partial charge in [-0.15, -0.1) is 0 Å². The lowest BCUT2D eigenvalue weighted by atomic mass is 10.7. The first-order chi connectivity index (χ1) is 4.57. The molecule has 0 radical (unpaired) electrons. The minimum atomic E-state index is -1.89. The van der Waals surface area contributed by atoms with Crippen LogP contribution >= 0.6 is 0 Å². The molecular weight excluding hydrogens is 146 g/mol. The number of carboxylic acid groups (broad SMARTS) is 1. The Morgan fingerprint density at radius 2 is 1.70 bits per heavy atom. The van der Waals surface area contributed by atoms with E-state index in [0.29, 0.717) is 0 Å². The molecule has 0 aliphatic heterocycles. The molecule has 0 aromatic carbocycles. The SMILES string of the molecule is NOC(=O)C(=O)OC(=O)O. The Balaban J connectivity index is 3.86.